The van der Waals surface area contributed by atoms with Gasteiger partial charge in [0.05, 0.1) is 16.7 Å². The van der Waals surface area contributed by atoms with Gasteiger partial charge in [0, 0.05) is 0 Å². The molecule has 0 saturated heterocycles. The zero-order valence-electron chi connectivity index (χ0n) is 14.5. The molecule has 0 aliphatic carbocycles. The van der Waals surface area contributed by atoms with Gasteiger partial charge in [-0.2, -0.15) is 10.1 Å². The van der Waals surface area contributed by atoms with Gasteiger partial charge >= 0.3 is 0 Å². The molecule has 0 aromatic heterocycles. The van der Waals surface area contributed by atoms with Gasteiger partial charge in [-0.05, 0) is 50.3 Å². The van der Waals surface area contributed by atoms with Crippen LogP contribution in [-0.4, -0.2) is 29.3 Å². The van der Waals surface area contributed by atoms with Gasteiger partial charge in [-0.25, -0.2) is 4.99 Å². The molecule has 0 amide bonds. The van der Waals surface area contributed by atoms with E-state index < -0.39 is 5.66 Å². The van der Waals surface area contributed by atoms with E-state index in [0.29, 0.717) is 22.6 Å². The molecule has 9 heteroatoms. The fourth-order valence-electron chi connectivity index (χ4n) is 2.68. The quantitative estimate of drug-likeness (QED) is 0.680. The lowest BCUT2D eigenvalue weighted by Gasteiger charge is -2.37. The Morgan fingerprint density at radius 1 is 1.24 bits per heavy atom. The third-order valence-electron chi connectivity index (χ3n) is 3.92. The Morgan fingerprint density at radius 2 is 1.92 bits per heavy atom. The van der Waals surface area contributed by atoms with Crippen molar-refractivity contribution in [3.63, 3.8) is 0 Å². The highest BCUT2D eigenvalue weighted by molar-refractivity contribution is 8.93. The van der Waals surface area contributed by atoms with Gasteiger partial charge in [0.2, 0.25) is 11.9 Å². The van der Waals surface area contributed by atoms with E-state index in [2.05, 4.69) is 16.9 Å². The summed E-state index contributed by atoms with van der Waals surface area (Å²) in [6, 6.07) is 5.72. The van der Waals surface area contributed by atoms with Crippen molar-refractivity contribution in [1.29, 1.82) is 0 Å². The molecule has 1 aliphatic rings. The van der Waals surface area contributed by atoms with Crippen LogP contribution in [0, 0.1) is 0 Å². The molecule has 0 bridgehead atoms. The maximum absolute atomic E-state index is 6.11. The summed E-state index contributed by atoms with van der Waals surface area (Å²) >= 11 is 12.1. The first-order valence-electron chi connectivity index (χ1n) is 7.82. The summed E-state index contributed by atoms with van der Waals surface area (Å²) in [6.45, 7) is 6.31. The molecule has 4 N–H and O–H groups in total. The number of hydroxylamine groups is 2. The second kappa shape index (κ2) is 9.07. The summed E-state index contributed by atoms with van der Waals surface area (Å²) in [6.07, 6.45) is 1.76. The van der Waals surface area contributed by atoms with Gasteiger partial charge in [0.15, 0.2) is 5.66 Å². The van der Waals surface area contributed by atoms with Gasteiger partial charge in [0.1, 0.15) is 0 Å². The number of nitrogens with zero attached hydrogens (tertiary/aromatic N) is 3. The molecule has 1 aromatic carbocycles. The Hall–Kier alpha value is -1.02. The van der Waals surface area contributed by atoms with Crippen LogP contribution in [0.5, 0.6) is 0 Å². The van der Waals surface area contributed by atoms with Crippen molar-refractivity contribution in [2.45, 2.75) is 45.2 Å². The van der Waals surface area contributed by atoms with Crippen LogP contribution < -0.4 is 11.5 Å². The van der Waals surface area contributed by atoms with Crippen molar-refractivity contribution < 1.29 is 4.84 Å². The molecule has 6 nitrogen and oxygen atoms in total. The summed E-state index contributed by atoms with van der Waals surface area (Å²) in [7, 11) is 0. The van der Waals surface area contributed by atoms with Gasteiger partial charge in [0.25, 0.3) is 0 Å². The molecule has 1 atom stereocenters. The first kappa shape index (κ1) is 22.0. The van der Waals surface area contributed by atoms with E-state index in [9.17, 15) is 0 Å². The van der Waals surface area contributed by atoms with E-state index in [1.165, 1.54) is 5.06 Å². The van der Waals surface area contributed by atoms with Crippen LogP contribution in [0.2, 0.25) is 10.0 Å². The van der Waals surface area contributed by atoms with Crippen molar-refractivity contribution in [2.75, 3.05) is 6.61 Å². The number of guanidine groups is 2. The van der Waals surface area contributed by atoms with Crippen LogP contribution in [0.3, 0.4) is 0 Å². The Bertz CT molecular complexity index is 666. The number of nitrogens with two attached hydrogens (primary N) is 2. The zero-order chi connectivity index (χ0) is 17.9. The van der Waals surface area contributed by atoms with E-state index in [1.807, 2.05) is 32.0 Å². The lowest BCUT2D eigenvalue weighted by molar-refractivity contribution is -0.158. The van der Waals surface area contributed by atoms with E-state index in [1.54, 1.807) is 0 Å². The van der Waals surface area contributed by atoms with E-state index >= 15 is 0 Å². The first-order chi connectivity index (χ1) is 11.2. The molecule has 2 rings (SSSR count). The summed E-state index contributed by atoms with van der Waals surface area (Å²) < 4.78 is 0. The maximum atomic E-state index is 6.11. The van der Waals surface area contributed by atoms with Gasteiger partial charge < -0.3 is 11.5 Å². The van der Waals surface area contributed by atoms with Crippen LogP contribution in [0.1, 0.15) is 45.1 Å². The fourth-order valence-corrected chi connectivity index (χ4v) is 2.98. The number of rotatable bonds is 6. The molecule has 1 unspecified atom stereocenters. The number of aliphatic imine (C=N–C) groups is 2. The van der Waals surface area contributed by atoms with Crippen molar-refractivity contribution >= 4 is 52.1 Å². The third-order valence-corrected chi connectivity index (χ3v) is 4.66. The second-order valence-electron chi connectivity index (χ2n) is 6.13. The Labute approximate surface area is 168 Å². The standard InChI is InChI=1S/C16H23Cl2N5O.BrH/c1-4-10(11-5-6-12(17)13(18)9-11)7-8-24-23-15(20)21-14(19)22-16(23,2)3;/h5-6,9-10H,4,7-8H2,1-3H3,(H4,19,20,21,22);1H. The lowest BCUT2D eigenvalue weighted by Crippen LogP contribution is -2.53. The fraction of sp³-hybridized carbons (Fsp3) is 0.500. The molecule has 1 aliphatic heterocycles. The summed E-state index contributed by atoms with van der Waals surface area (Å²) in [4.78, 5) is 14.0. The first-order valence-corrected chi connectivity index (χ1v) is 8.57. The molecule has 1 heterocycles. The molecular formula is C16H24BrCl2N5O. The smallest absolute Gasteiger partial charge is 0.226 e. The Kier molecular flexibility index (Phi) is 7.99. The highest BCUT2D eigenvalue weighted by Gasteiger charge is 2.33. The predicted octanol–water partition coefficient (Wildman–Crippen LogP) is 4.07. The van der Waals surface area contributed by atoms with E-state index in [-0.39, 0.29) is 28.9 Å². The normalized spacial score (nSPS) is 17.4. The molecule has 0 radical (unpaired) electrons. The SMILES string of the molecule is Br.CCC(CCON1C(N)=NC(N)=NC1(C)C)c1ccc(Cl)c(Cl)c1. The van der Waals surface area contributed by atoms with Gasteiger partial charge in [-0.15, -0.1) is 17.0 Å². The second-order valence-corrected chi connectivity index (χ2v) is 6.94. The number of halogens is 3. The number of hydrogen-bond donors (Lipinski definition) is 2. The molecule has 1 aromatic rings. The van der Waals surface area contributed by atoms with Gasteiger partial charge in [-0.3, -0.25) is 4.84 Å². The highest BCUT2D eigenvalue weighted by atomic mass is 79.9. The average Bonchev–Trinajstić information content (AvgIpc) is 2.48. The topological polar surface area (TPSA) is 89.2 Å². The van der Waals surface area contributed by atoms with E-state index in [0.717, 1.165) is 18.4 Å². The average molecular weight is 453 g/mol. The van der Waals surface area contributed by atoms with Crippen molar-refractivity contribution in [3.05, 3.63) is 33.8 Å². The van der Waals surface area contributed by atoms with E-state index in [4.69, 9.17) is 39.5 Å². The van der Waals surface area contributed by atoms with Crippen LogP contribution in [-0.2, 0) is 4.84 Å². The van der Waals surface area contributed by atoms with Crippen molar-refractivity contribution in [3.8, 4) is 0 Å². The van der Waals surface area contributed by atoms with Crippen LogP contribution in [0.4, 0.5) is 0 Å². The molecule has 140 valence electrons. The van der Waals surface area contributed by atoms with Crippen molar-refractivity contribution in [1.82, 2.24) is 5.06 Å². The van der Waals surface area contributed by atoms with Gasteiger partial charge in [-0.1, -0.05) is 36.2 Å². The zero-order valence-corrected chi connectivity index (χ0v) is 17.7. The summed E-state index contributed by atoms with van der Waals surface area (Å²) in [5.41, 5.74) is 12.0. The van der Waals surface area contributed by atoms with Crippen LogP contribution in [0.15, 0.2) is 28.2 Å². The molecule has 0 saturated carbocycles. The lowest BCUT2D eigenvalue weighted by atomic mass is 9.94. The monoisotopic (exact) mass is 451 g/mol. The maximum Gasteiger partial charge on any atom is 0.226 e. The Balaban J connectivity index is 0.00000312. The van der Waals surface area contributed by atoms with Crippen molar-refractivity contribution in [2.24, 2.45) is 21.5 Å². The van der Waals surface area contributed by atoms with Crippen LogP contribution in [0.25, 0.3) is 0 Å². The van der Waals surface area contributed by atoms with Crippen LogP contribution >= 0.6 is 40.2 Å². The molecule has 0 spiro atoms. The summed E-state index contributed by atoms with van der Waals surface area (Å²) in [5, 5.41) is 2.61. The number of hydrogen-bond acceptors (Lipinski definition) is 6. The minimum Gasteiger partial charge on any atom is -0.368 e. The molecule has 25 heavy (non-hydrogen) atoms. The largest absolute Gasteiger partial charge is 0.368 e. The minimum atomic E-state index is -0.693. The number of benzene rings is 1. The predicted molar refractivity (Wildman–Crippen MR) is 110 cm³/mol. The highest BCUT2D eigenvalue weighted by Crippen LogP contribution is 2.30. The third kappa shape index (κ3) is 5.48. The summed E-state index contributed by atoms with van der Waals surface area (Å²) in [5.74, 6) is 0.661. The Morgan fingerprint density at radius 3 is 2.48 bits per heavy atom. The molecule has 0 fully saturated rings. The minimum absolute atomic E-state index is 0. The molecular weight excluding hydrogens is 429 g/mol.